The Kier molecular flexibility index (Phi) is 4.08. The first-order valence-corrected chi connectivity index (χ1v) is 6.79. The van der Waals surface area contributed by atoms with Crippen LogP contribution in [0.5, 0.6) is 0 Å². The molecule has 1 unspecified atom stereocenters. The number of allylic oxidation sites excluding steroid dienone is 2. The van der Waals surface area contributed by atoms with Crippen LogP contribution in [0.3, 0.4) is 0 Å². The van der Waals surface area contributed by atoms with E-state index in [2.05, 4.69) is 0 Å². The summed E-state index contributed by atoms with van der Waals surface area (Å²) in [6, 6.07) is 0. The third-order valence-corrected chi connectivity index (χ3v) is 4.09. The molecule has 19 heavy (non-hydrogen) atoms. The predicted octanol–water partition coefficient (Wildman–Crippen LogP) is 2.70. The highest BCUT2D eigenvalue weighted by Crippen LogP contribution is 2.35. The number of carboxylic acids is 1. The molecule has 3 atom stereocenters. The zero-order valence-corrected chi connectivity index (χ0v) is 11.4. The van der Waals surface area contributed by atoms with Crippen molar-refractivity contribution in [1.29, 1.82) is 0 Å². The summed E-state index contributed by atoms with van der Waals surface area (Å²) in [5, 5.41) is 9.16. The van der Waals surface area contributed by atoms with Crippen molar-refractivity contribution in [2.45, 2.75) is 45.6 Å². The van der Waals surface area contributed by atoms with Crippen LogP contribution in [0.2, 0.25) is 0 Å². The van der Waals surface area contributed by atoms with Gasteiger partial charge in [0.2, 0.25) is 0 Å². The summed E-state index contributed by atoms with van der Waals surface area (Å²) in [6.07, 6.45) is 6.38. The Morgan fingerprint density at radius 2 is 2.16 bits per heavy atom. The first-order chi connectivity index (χ1) is 8.99. The summed E-state index contributed by atoms with van der Waals surface area (Å²) in [7, 11) is 0. The van der Waals surface area contributed by atoms with Gasteiger partial charge in [-0.15, -0.1) is 0 Å². The molecule has 0 spiro atoms. The van der Waals surface area contributed by atoms with Crippen LogP contribution in [-0.4, -0.2) is 23.1 Å². The Morgan fingerprint density at radius 3 is 2.84 bits per heavy atom. The maximum Gasteiger partial charge on any atom is 0.331 e. The fourth-order valence-corrected chi connectivity index (χ4v) is 2.82. The average Bonchev–Trinajstić information content (AvgIpc) is 2.60. The minimum absolute atomic E-state index is 0.0864. The lowest BCUT2D eigenvalue weighted by Gasteiger charge is -2.19. The number of carbonyl (C=O) groups is 2. The van der Waals surface area contributed by atoms with E-state index in [1.54, 1.807) is 0 Å². The molecular formula is C15H20O4. The van der Waals surface area contributed by atoms with Crippen LogP contribution in [0.15, 0.2) is 23.3 Å². The molecule has 104 valence electrons. The van der Waals surface area contributed by atoms with Crippen molar-refractivity contribution < 1.29 is 19.4 Å². The van der Waals surface area contributed by atoms with Gasteiger partial charge in [0, 0.05) is 11.5 Å². The number of carboxylic acid groups (broad SMARTS) is 1. The largest absolute Gasteiger partial charge is 0.478 e. The molecule has 0 aromatic rings. The van der Waals surface area contributed by atoms with Gasteiger partial charge in [0.15, 0.2) is 0 Å². The van der Waals surface area contributed by atoms with Gasteiger partial charge in [-0.05, 0) is 38.7 Å². The molecule has 4 nitrogen and oxygen atoms in total. The molecule has 0 aromatic carbocycles. The molecule has 0 aromatic heterocycles. The Morgan fingerprint density at radius 1 is 1.42 bits per heavy atom. The standard InChI is InChI=1S/C15H20O4/c1-9-4-3-5-11(14(16)17)6-7-12-10(2)15(18)19-13(12)8-9/h5,8,10,12-13H,3-4,6-7H2,1-2H3,(H,16,17)/b9-8-,11-5+/t10?,12-,13+/m0/s1. The molecular weight excluding hydrogens is 244 g/mol. The third kappa shape index (κ3) is 3.06. The SMILES string of the molecule is C/C1=C/[C@H]2OC(=O)C(C)[C@@H]2CC/C(C(=O)O)=C\CC1. The smallest absolute Gasteiger partial charge is 0.331 e. The summed E-state index contributed by atoms with van der Waals surface area (Å²) in [4.78, 5) is 22.8. The van der Waals surface area contributed by atoms with Crippen LogP contribution in [-0.2, 0) is 14.3 Å². The molecule has 2 aliphatic rings. The van der Waals surface area contributed by atoms with Gasteiger partial charge in [0.05, 0.1) is 5.92 Å². The van der Waals surface area contributed by atoms with E-state index < -0.39 is 5.97 Å². The molecule has 1 aliphatic heterocycles. The van der Waals surface area contributed by atoms with E-state index in [9.17, 15) is 9.59 Å². The van der Waals surface area contributed by atoms with Gasteiger partial charge in [-0.2, -0.15) is 0 Å². The van der Waals surface area contributed by atoms with Gasteiger partial charge in [0.25, 0.3) is 0 Å². The van der Waals surface area contributed by atoms with Crippen molar-refractivity contribution in [3.05, 3.63) is 23.3 Å². The lowest BCUT2D eigenvalue weighted by Crippen LogP contribution is -2.19. The Labute approximate surface area is 113 Å². The molecule has 2 rings (SSSR count). The first kappa shape index (κ1) is 13.8. The average molecular weight is 264 g/mol. The third-order valence-electron chi connectivity index (χ3n) is 4.09. The minimum atomic E-state index is -0.850. The van der Waals surface area contributed by atoms with E-state index in [1.165, 1.54) is 0 Å². The van der Waals surface area contributed by atoms with Crippen molar-refractivity contribution in [3.63, 3.8) is 0 Å². The van der Waals surface area contributed by atoms with Gasteiger partial charge in [0.1, 0.15) is 6.10 Å². The number of esters is 1. The lowest BCUT2D eigenvalue weighted by molar-refractivity contribution is -0.142. The second-order valence-electron chi connectivity index (χ2n) is 5.48. The highest BCUT2D eigenvalue weighted by molar-refractivity contribution is 5.86. The van der Waals surface area contributed by atoms with Gasteiger partial charge in [-0.25, -0.2) is 4.79 Å². The summed E-state index contributed by atoms with van der Waals surface area (Å²) in [5.74, 6) is -1.08. The zero-order chi connectivity index (χ0) is 14.0. The molecule has 0 radical (unpaired) electrons. The number of carbonyl (C=O) groups excluding carboxylic acids is 1. The fourth-order valence-electron chi connectivity index (χ4n) is 2.82. The van der Waals surface area contributed by atoms with Gasteiger partial charge >= 0.3 is 11.9 Å². The van der Waals surface area contributed by atoms with Crippen LogP contribution in [0, 0.1) is 11.8 Å². The topological polar surface area (TPSA) is 63.6 Å². The molecule has 0 bridgehead atoms. The van der Waals surface area contributed by atoms with E-state index in [-0.39, 0.29) is 23.9 Å². The summed E-state index contributed by atoms with van der Waals surface area (Å²) in [5.41, 5.74) is 1.61. The predicted molar refractivity (Wildman–Crippen MR) is 70.5 cm³/mol. The second kappa shape index (κ2) is 5.59. The number of ether oxygens (including phenoxy) is 1. The zero-order valence-electron chi connectivity index (χ0n) is 11.4. The van der Waals surface area contributed by atoms with Gasteiger partial charge in [-0.3, -0.25) is 4.79 Å². The number of aliphatic carboxylic acids is 1. The quantitative estimate of drug-likeness (QED) is 0.584. The van der Waals surface area contributed by atoms with Gasteiger partial charge < -0.3 is 9.84 Å². The molecule has 1 fully saturated rings. The monoisotopic (exact) mass is 264 g/mol. The summed E-state index contributed by atoms with van der Waals surface area (Å²) < 4.78 is 5.39. The highest BCUT2D eigenvalue weighted by Gasteiger charge is 2.40. The summed E-state index contributed by atoms with van der Waals surface area (Å²) in [6.45, 7) is 3.87. The van der Waals surface area contributed by atoms with E-state index in [0.717, 1.165) is 18.4 Å². The van der Waals surface area contributed by atoms with Crippen LogP contribution >= 0.6 is 0 Å². The van der Waals surface area contributed by atoms with E-state index in [4.69, 9.17) is 9.84 Å². The maximum absolute atomic E-state index is 11.7. The van der Waals surface area contributed by atoms with E-state index >= 15 is 0 Å². The van der Waals surface area contributed by atoms with Crippen LogP contribution in [0.4, 0.5) is 0 Å². The van der Waals surface area contributed by atoms with E-state index in [0.29, 0.717) is 18.4 Å². The Hall–Kier alpha value is -1.58. The number of hydrogen-bond acceptors (Lipinski definition) is 3. The van der Waals surface area contributed by atoms with Crippen molar-refractivity contribution in [2.24, 2.45) is 11.8 Å². The second-order valence-corrected chi connectivity index (χ2v) is 5.48. The van der Waals surface area contributed by atoms with Crippen molar-refractivity contribution >= 4 is 11.9 Å². The molecule has 1 aliphatic carbocycles. The maximum atomic E-state index is 11.7. The molecule has 4 heteroatoms. The molecule has 0 amide bonds. The Bertz CT molecular complexity index is 447. The van der Waals surface area contributed by atoms with Crippen LogP contribution in [0.1, 0.15) is 39.5 Å². The number of fused-ring (bicyclic) bond motifs is 1. The molecule has 1 N–H and O–H groups in total. The highest BCUT2D eigenvalue weighted by atomic mass is 16.6. The summed E-state index contributed by atoms with van der Waals surface area (Å²) >= 11 is 0. The van der Waals surface area contributed by atoms with E-state index in [1.807, 2.05) is 26.0 Å². The fraction of sp³-hybridized carbons (Fsp3) is 0.600. The molecule has 1 saturated heterocycles. The number of hydrogen-bond donors (Lipinski definition) is 1. The van der Waals surface area contributed by atoms with Crippen molar-refractivity contribution in [2.75, 3.05) is 0 Å². The first-order valence-electron chi connectivity index (χ1n) is 6.79. The van der Waals surface area contributed by atoms with Crippen LogP contribution in [0.25, 0.3) is 0 Å². The van der Waals surface area contributed by atoms with Gasteiger partial charge in [-0.1, -0.05) is 18.6 Å². The van der Waals surface area contributed by atoms with Crippen molar-refractivity contribution in [3.8, 4) is 0 Å². The Balaban J connectivity index is 2.23. The normalized spacial score (nSPS) is 37.4. The lowest BCUT2D eigenvalue weighted by atomic mass is 9.84. The number of rotatable bonds is 1. The molecule has 0 saturated carbocycles. The van der Waals surface area contributed by atoms with Crippen molar-refractivity contribution in [1.82, 2.24) is 0 Å². The molecule has 1 heterocycles. The minimum Gasteiger partial charge on any atom is -0.478 e. The van der Waals surface area contributed by atoms with Crippen LogP contribution < -0.4 is 0 Å².